The molecule has 5 nitrogen and oxygen atoms in total. The molecule has 0 spiro atoms. The van der Waals surface area contributed by atoms with E-state index in [1.165, 1.54) is 6.42 Å². The highest BCUT2D eigenvalue weighted by atomic mass is 16.1. The predicted octanol–water partition coefficient (Wildman–Crippen LogP) is 7.71. The van der Waals surface area contributed by atoms with Gasteiger partial charge in [-0.2, -0.15) is 0 Å². The summed E-state index contributed by atoms with van der Waals surface area (Å²) >= 11 is 0. The van der Waals surface area contributed by atoms with Gasteiger partial charge >= 0.3 is 0 Å². The Bertz CT molecular complexity index is 1100. The van der Waals surface area contributed by atoms with Crippen LogP contribution >= 0.6 is 0 Å². The van der Waals surface area contributed by atoms with Gasteiger partial charge < -0.3 is 10.6 Å². The molecule has 2 aromatic carbocycles. The maximum Gasteiger partial charge on any atom is 0.163 e. The zero-order valence-corrected chi connectivity index (χ0v) is 21.4. The number of pyridine rings is 1. The SMILES string of the molecule is CC.CCCCC(CC)Nc1nccc2c1CC(=O)C=C(Nc1ccccc1)N2c1ccccc1. The van der Waals surface area contributed by atoms with Crippen LogP contribution in [0.2, 0.25) is 0 Å². The second kappa shape index (κ2) is 13.3. The number of anilines is 4. The fourth-order valence-electron chi connectivity index (χ4n) is 4.20. The van der Waals surface area contributed by atoms with Crippen LogP contribution < -0.4 is 15.5 Å². The molecule has 3 aromatic rings. The first-order chi connectivity index (χ1) is 17.2. The summed E-state index contributed by atoms with van der Waals surface area (Å²) < 4.78 is 0. The first kappa shape index (κ1) is 26.0. The molecule has 1 unspecified atom stereocenters. The summed E-state index contributed by atoms with van der Waals surface area (Å²) in [5.41, 5.74) is 3.81. The maximum absolute atomic E-state index is 13.1. The molecule has 0 radical (unpaired) electrons. The van der Waals surface area contributed by atoms with E-state index in [0.29, 0.717) is 12.5 Å². The quantitative estimate of drug-likeness (QED) is 0.335. The Morgan fingerprint density at radius 3 is 2.31 bits per heavy atom. The van der Waals surface area contributed by atoms with E-state index in [2.05, 4.69) is 46.5 Å². The molecule has 0 amide bonds. The monoisotopic (exact) mass is 470 g/mol. The molecule has 4 rings (SSSR count). The normalized spacial score (nSPS) is 13.5. The minimum absolute atomic E-state index is 0.0470. The molecular weight excluding hydrogens is 432 g/mol. The van der Waals surface area contributed by atoms with Crippen LogP contribution in [0.4, 0.5) is 22.9 Å². The molecule has 1 atom stereocenters. The Balaban J connectivity index is 0.00000167. The standard InChI is InChI=1S/C28H32N4O.C2H6/c1-3-5-12-21(4-2)31-28-25-19-24(33)20-27(30-22-13-8-6-9-14-22)32(26(25)17-18-29-28)23-15-10-7-11-16-23;1-2/h6-11,13-18,20-21,30H,3-5,12,19H2,1-2H3,(H,29,31);1-2H3. The molecule has 5 heteroatoms. The molecule has 2 N–H and O–H groups in total. The van der Waals surface area contributed by atoms with Crippen LogP contribution in [-0.2, 0) is 11.2 Å². The summed E-state index contributed by atoms with van der Waals surface area (Å²) in [7, 11) is 0. The number of allylic oxidation sites excluding steroid dienone is 1. The van der Waals surface area contributed by atoms with Gasteiger partial charge in [0.05, 0.1) is 5.69 Å². The Labute approximate surface area is 210 Å². The van der Waals surface area contributed by atoms with Crippen molar-refractivity contribution in [3.05, 3.63) is 90.4 Å². The molecule has 0 saturated heterocycles. The number of fused-ring (bicyclic) bond motifs is 1. The van der Waals surface area contributed by atoms with Crippen LogP contribution in [0.25, 0.3) is 0 Å². The number of hydrogen-bond donors (Lipinski definition) is 2. The van der Waals surface area contributed by atoms with Crippen LogP contribution in [0.15, 0.2) is 84.8 Å². The van der Waals surface area contributed by atoms with Gasteiger partial charge in [-0.25, -0.2) is 4.98 Å². The summed E-state index contributed by atoms with van der Waals surface area (Å²) in [5.74, 6) is 1.58. The highest BCUT2D eigenvalue weighted by Gasteiger charge is 2.26. The number of unbranched alkanes of at least 4 members (excludes halogenated alkanes) is 1. The second-order valence-corrected chi connectivity index (χ2v) is 8.38. The van der Waals surface area contributed by atoms with Crippen molar-refractivity contribution < 1.29 is 4.79 Å². The molecule has 0 aliphatic carbocycles. The molecule has 1 aliphatic heterocycles. The lowest BCUT2D eigenvalue weighted by atomic mass is 10.0. The van der Waals surface area contributed by atoms with E-state index in [1.807, 2.05) is 74.6 Å². The van der Waals surface area contributed by atoms with Gasteiger partial charge in [-0.1, -0.05) is 76.9 Å². The van der Waals surface area contributed by atoms with Gasteiger partial charge in [-0.15, -0.1) is 0 Å². The molecule has 2 heterocycles. The van der Waals surface area contributed by atoms with Crippen LogP contribution in [0.1, 0.15) is 58.9 Å². The molecule has 0 bridgehead atoms. The van der Waals surface area contributed by atoms with E-state index >= 15 is 0 Å². The van der Waals surface area contributed by atoms with E-state index < -0.39 is 0 Å². The minimum Gasteiger partial charge on any atom is -0.367 e. The Hall–Kier alpha value is -3.60. The van der Waals surface area contributed by atoms with Crippen molar-refractivity contribution in [3.8, 4) is 0 Å². The number of nitrogens with zero attached hydrogens (tertiary/aromatic N) is 2. The second-order valence-electron chi connectivity index (χ2n) is 8.38. The minimum atomic E-state index is 0.0470. The fraction of sp³-hybridized carbons (Fsp3) is 0.333. The van der Waals surface area contributed by atoms with E-state index in [1.54, 1.807) is 6.08 Å². The third kappa shape index (κ3) is 6.72. The topological polar surface area (TPSA) is 57.3 Å². The lowest BCUT2D eigenvalue weighted by Crippen LogP contribution is -2.24. The molecule has 35 heavy (non-hydrogen) atoms. The Morgan fingerprint density at radius 2 is 1.66 bits per heavy atom. The van der Waals surface area contributed by atoms with Gasteiger partial charge in [0.15, 0.2) is 5.78 Å². The molecule has 184 valence electrons. The first-order valence-electron chi connectivity index (χ1n) is 12.9. The van der Waals surface area contributed by atoms with Crippen molar-refractivity contribution >= 4 is 28.7 Å². The van der Waals surface area contributed by atoms with Gasteiger partial charge in [0.25, 0.3) is 0 Å². The van der Waals surface area contributed by atoms with Gasteiger partial charge in [0.2, 0.25) is 0 Å². The van der Waals surface area contributed by atoms with Crippen molar-refractivity contribution in [2.75, 3.05) is 15.5 Å². The number of hydrogen-bond acceptors (Lipinski definition) is 5. The smallest absolute Gasteiger partial charge is 0.163 e. The average molecular weight is 471 g/mol. The summed E-state index contributed by atoms with van der Waals surface area (Å²) in [5, 5.41) is 7.11. The van der Waals surface area contributed by atoms with Crippen molar-refractivity contribution in [3.63, 3.8) is 0 Å². The van der Waals surface area contributed by atoms with Crippen LogP contribution in [-0.4, -0.2) is 16.8 Å². The zero-order chi connectivity index (χ0) is 25.0. The molecule has 0 saturated carbocycles. The van der Waals surface area contributed by atoms with E-state index in [4.69, 9.17) is 0 Å². The highest BCUT2D eigenvalue weighted by Crippen LogP contribution is 2.38. The summed E-state index contributed by atoms with van der Waals surface area (Å²) in [6.45, 7) is 8.41. The molecular formula is C30H38N4O. The summed E-state index contributed by atoms with van der Waals surface area (Å²) in [6.07, 6.45) is 8.28. The number of para-hydroxylation sites is 2. The Morgan fingerprint density at radius 1 is 0.971 bits per heavy atom. The van der Waals surface area contributed by atoms with E-state index in [9.17, 15) is 4.79 Å². The lowest BCUT2D eigenvalue weighted by Gasteiger charge is -2.29. The maximum atomic E-state index is 13.1. The van der Waals surface area contributed by atoms with E-state index in [-0.39, 0.29) is 5.78 Å². The highest BCUT2D eigenvalue weighted by molar-refractivity contribution is 5.98. The van der Waals surface area contributed by atoms with Crippen molar-refractivity contribution in [2.45, 2.75) is 65.8 Å². The van der Waals surface area contributed by atoms with Gasteiger partial charge in [-0.05, 0) is 43.2 Å². The number of benzene rings is 2. The Kier molecular flexibility index (Phi) is 9.91. The number of nitrogens with one attached hydrogen (secondary N) is 2. The molecule has 0 fully saturated rings. The van der Waals surface area contributed by atoms with Gasteiger partial charge in [0, 0.05) is 41.7 Å². The van der Waals surface area contributed by atoms with Crippen LogP contribution in [0.5, 0.6) is 0 Å². The summed E-state index contributed by atoms with van der Waals surface area (Å²) in [6, 6.07) is 22.4. The predicted molar refractivity (Wildman–Crippen MR) is 148 cm³/mol. The summed E-state index contributed by atoms with van der Waals surface area (Å²) in [4.78, 5) is 19.9. The van der Waals surface area contributed by atoms with E-state index in [0.717, 1.165) is 53.5 Å². The van der Waals surface area contributed by atoms with Crippen molar-refractivity contribution in [1.29, 1.82) is 0 Å². The first-order valence-corrected chi connectivity index (χ1v) is 12.9. The molecule has 1 aliphatic rings. The number of carbonyl (C=O) groups is 1. The van der Waals surface area contributed by atoms with Gasteiger partial charge in [-0.3, -0.25) is 9.69 Å². The third-order valence-electron chi connectivity index (χ3n) is 5.96. The zero-order valence-electron chi connectivity index (χ0n) is 21.4. The van der Waals surface area contributed by atoms with Crippen molar-refractivity contribution in [1.82, 2.24) is 4.98 Å². The van der Waals surface area contributed by atoms with Crippen molar-refractivity contribution in [2.24, 2.45) is 0 Å². The number of aromatic nitrogens is 1. The average Bonchev–Trinajstić information content (AvgIpc) is 3.04. The van der Waals surface area contributed by atoms with Crippen LogP contribution in [0.3, 0.4) is 0 Å². The lowest BCUT2D eigenvalue weighted by molar-refractivity contribution is -0.114. The molecule has 1 aromatic heterocycles. The van der Waals surface area contributed by atoms with Crippen LogP contribution in [0, 0.1) is 0 Å². The number of carbonyl (C=O) groups excluding carboxylic acids is 1. The number of ketones is 1. The largest absolute Gasteiger partial charge is 0.367 e. The van der Waals surface area contributed by atoms with Gasteiger partial charge in [0.1, 0.15) is 11.6 Å². The fourth-order valence-corrected chi connectivity index (χ4v) is 4.20. The third-order valence-corrected chi connectivity index (χ3v) is 5.96. The number of rotatable bonds is 9.